The zero-order chi connectivity index (χ0) is 17.8. The Morgan fingerprint density at radius 2 is 1.88 bits per heavy atom. The van der Waals surface area contributed by atoms with E-state index in [1.807, 2.05) is 34.9 Å². The Hall–Kier alpha value is -2.33. The molecule has 0 aliphatic carbocycles. The van der Waals surface area contributed by atoms with E-state index in [1.54, 1.807) is 11.8 Å². The molecular formula is C21H22N2OS. The maximum Gasteiger partial charge on any atom is 0.262 e. The SMILES string of the molecule is C=Cc1ccc(CSc2nc3ccccc3c(=O)n2CC(C)C)cc1. The highest BCUT2D eigenvalue weighted by molar-refractivity contribution is 7.98. The number of benzene rings is 2. The van der Waals surface area contributed by atoms with E-state index in [9.17, 15) is 4.79 Å². The molecule has 0 saturated carbocycles. The molecule has 0 spiro atoms. The van der Waals surface area contributed by atoms with Gasteiger partial charge in [-0.2, -0.15) is 0 Å². The molecule has 0 unspecified atom stereocenters. The van der Waals surface area contributed by atoms with Crippen LogP contribution in [-0.2, 0) is 12.3 Å². The standard InChI is InChI=1S/C21H22N2OS/c1-4-16-9-11-17(12-10-16)14-25-21-22-19-8-6-5-7-18(19)20(24)23(21)13-15(2)3/h4-12,15H,1,13-14H2,2-3H3. The Morgan fingerprint density at radius 1 is 1.16 bits per heavy atom. The van der Waals surface area contributed by atoms with E-state index in [0.29, 0.717) is 17.8 Å². The highest BCUT2D eigenvalue weighted by Gasteiger charge is 2.12. The summed E-state index contributed by atoms with van der Waals surface area (Å²) in [6, 6.07) is 15.9. The maximum atomic E-state index is 12.9. The molecule has 0 radical (unpaired) electrons. The minimum absolute atomic E-state index is 0.0452. The van der Waals surface area contributed by atoms with Crippen molar-refractivity contribution in [1.82, 2.24) is 9.55 Å². The Kier molecular flexibility index (Phi) is 5.39. The van der Waals surface area contributed by atoms with Crippen molar-refractivity contribution in [2.24, 2.45) is 5.92 Å². The van der Waals surface area contributed by atoms with Crippen LogP contribution in [0, 0.1) is 5.92 Å². The van der Waals surface area contributed by atoms with Gasteiger partial charge in [-0.25, -0.2) is 4.98 Å². The van der Waals surface area contributed by atoms with E-state index in [4.69, 9.17) is 4.98 Å². The number of hydrogen-bond donors (Lipinski definition) is 0. The van der Waals surface area contributed by atoms with Crippen molar-refractivity contribution in [2.45, 2.75) is 31.3 Å². The van der Waals surface area contributed by atoms with E-state index in [0.717, 1.165) is 22.0 Å². The molecule has 0 amide bonds. The van der Waals surface area contributed by atoms with Crippen LogP contribution in [0.2, 0.25) is 0 Å². The molecule has 25 heavy (non-hydrogen) atoms. The molecule has 4 heteroatoms. The van der Waals surface area contributed by atoms with Gasteiger partial charge in [0.2, 0.25) is 0 Å². The minimum atomic E-state index is 0.0452. The molecule has 1 aromatic heterocycles. The third kappa shape index (κ3) is 4.02. The maximum absolute atomic E-state index is 12.9. The van der Waals surface area contributed by atoms with Gasteiger partial charge >= 0.3 is 0 Å². The lowest BCUT2D eigenvalue weighted by Gasteiger charge is -2.15. The summed E-state index contributed by atoms with van der Waals surface area (Å²) in [4.78, 5) is 17.6. The average molecular weight is 350 g/mol. The van der Waals surface area contributed by atoms with Crippen molar-refractivity contribution in [3.63, 3.8) is 0 Å². The predicted octanol–water partition coefficient (Wildman–Crippen LogP) is 4.99. The van der Waals surface area contributed by atoms with Gasteiger partial charge in [-0.1, -0.05) is 74.7 Å². The number of fused-ring (bicyclic) bond motifs is 1. The summed E-state index contributed by atoms with van der Waals surface area (Å²) in [5, 5.41) is 1.47. The second-order valence-corrected chi connectivity index (χ2v) is 7.40. The molecule has 0 saturated heterocycles. The van der Waals surface area contributed by atoms with Gasteiger partial charge in [-0.05, 0) is 29.2 Å². The number of nitrogens with zero attached hydrogens (tertiary/aromatic N) is 2. The molecule has 3 rings (SSSR count). The lowest BCUT2D eigenvalue weighted by molar-refractivity contribution is 0.475. The van der Waals surface area contributed by atoms with Crippen LogP contribution in [0.1, 0.15) is 25.0 Å². The van der Waals surface area contributed by atoms with E-state index < -0.39 is 0 Å². The molecule has 3 aromatic rings. The molecule has 128 valence electrons. The third-order valence-electron chi connectivity index (χ3n) is 3.96. The van der Waals surface area contributed by atoms with E-state index in [2.05, 4.69) is 44.7 Å². The van der Waals surface area contributed by atoms with Gasteiger partial charge in [0, 0.05) is 12.3 Å². The van der Waals surface area contributed by atoms with Crippen molar-refractivity contribution in [3.05, 3.63) is 76.6 Å². The number of hydrogen-bond acceptors (Lipinski definition) is 3. The van der Waals surface area contributed by atoms with Crippen molar-refractivity contribution in [2.75, 3.05) is 0 Å². The fourth-order valence-corrected chi connectivity index (χ4v) is 3.65. The summed E-state index contributed by atoms with van der Waals surface area (Å²) in [5.41, 5.74) is 3.12. The lowest BCUT2D eigenvalue weighted by atomic mass is 10.1. The number of thioether (sulfide) groups is 1. The number of para-hydroxylation sites is 1. The first-order valence-electron chi connectivity index (χ1n) is 8.42. The molecule has 0 aliphatic heterocycles. The normalized spacial score (nSPS) is 11.2. The Labute approximate surface area is 152 Å². The topological polar surface area (TPSA) is 34.9 Å². The molecule has 0 atom stereocenters. The summed E-state index contributed by atoms with van der Waals surface area (Å²) in [6.07, 6.45) is 1.84. The second-order valence-electron chi connectivity index (χ2n) is 6.46. The van der Waals surface area contributed by atoms with Gasteiger partial charge in [0.25, 0.3) is 5.56 Å². The average Bonchev–Trinajstić information content (AvgIpc) is 2.63. The van der Waals surface area contributed by atoms with Gasteiger partial charge in [0.15, 0.2) is 5.16 Å². The summed E-state index contributed by atoms with van der Waals surface area (Å²) < 4.78 is 1.82. The zero-order valence-electron chi connectivity index (χ0n) is 14.6. The molecule has 3 nitrogen and oxygen atoms in total. The van der Waals surface area contributed by atoms with Crippen LogP contribution in [0.4, 0.5) is 0 Å². The monoisotopic (exact) mass is 350 g/mol. The first-order chi connectivity index (χ1) is 12.1. The summed E-state index contributed by atoms with van der Waals surface area (Å²) in [5.74, 6) is 1.16. The summed E-state index contributed by atoms with van der Waals surface area (Å²) >= 11 is 1.61. The number of aromatic nitrogens is 2. The van der Waals surface area contributed by atoms with E-state index >= 15 is 0 Å². The minimum Gasteiger partial charge on any atom is -0.287 e. The fraction of sp³-hybridized carbons (Fsp3) is 0.238. The highest BCUT2D eigenvalue weighted by atomic mass is 32.2. The number of rotatable bonds is 6. The quantitative estimate of drug-likeness (QED) is 0.464. The van der Waals surface area contributed by atoms with Gasteiger partial charge in [-0.15, -0.1) is 0 Å². The predicted molar refractivity (Wildman–Crippen MR) is 107 cm³/mol. The summed E-state index contributed by atoms with van der Waals surface area (Å²) in [7, 11) is 0. The second kappa shape index (κ2) is 7.70. The van der Waals surface area contributed by atoms with Crippen LogP contribution in [0.25, 0.3) is 17.0 Å². The zero-order valence-corrected chi connectivity index (χ0v) is 15.4. The molecule has 0 aliphatic rings. The van der Waals surface area contributed by atoms with Crippen LogP contribution < -0.4 is 5.56 Å². The van der Waals surface area contributed by atoms with Crippen molar-refractivity contribution >= 4 is 28.7 Å². The largest absolute Gasteiger partial charge is 0.287 e. The van der Waals surface area contributed by atoms with Crippen LogP contribution in [0.15, 0.2) is 65.1 Å². The van der Waals surface area contributed by atoms with Crippen molar-refractivity contribution in [1.29, 1.82) is 0 Å². The Balaban J connectivity index is 1.95. The van der Waals surface area contributed by atoms with Gasteiger partial charge in [0.1, 0.15) is 0 Å². The molecule has 2 aromatic carbocycles. The third-order valence-corrected chi connectivity index (χ3v) is 5.01. The molecule has 0 bridgehead atoms. The molecular weight excluding hydrogens is 328 g/mol. The molecule has 1 heterocycles. The first-order valence-corrected chi connectivity index (χ1v) is 9.41. The van der Waals surface area contributed by atoms with Crippen LogP contribution in [-0.4, -0.2) is 9.55 Å². The van der Waals surface area contributed by atoms with E-state index in [-0.39, 0.29) is 5.56 Å². The highest BCUT2D eigenvalue weighted by Crippen LogP contribution is 2.23. The Morgan fingerprint density at radius 3 is 2.56 bits per heavy atom. The molecule has 0 fully saturated rings. The van der Waals surface area contributed by atoms with E-state index in [1.165, 1.54) is 5.56 Å². The Bertz CT molecular complexity index is 942. The van der Waals surface area contributed by atoms with Crippen LogP contribution in [0.5, 0.6) is 0 Å². The lowest BCUT2D eigenvalue weighted by Crippen LogP contribution is -2.25. The van der Waals surface area contributed by atoms with Crippen molar-refractivity contribution < 1.29 is 0 Å². The van der Waals surface area contributed by atoms with Crippen LogP contribution in [0.3, 0.4) is 0 Å². The molecule has 0 N–H and O–H groups in total. The fourth-order valence-electron chi connectivity index (χ4n) is 2.68. The van der Waals surface area contributed by atoms with Gasteiger partial charge < -0.3 is 0 Å². The van der Waals surface area contributed by atoms with Crippen LogP contribution >= 0.6 is 11.8 Å². The van der Waals surface area contributed by atoms with Gasteiger partial charge in [0.05, 0.1) is 10.9 Å². The summed E-state index contributed by atoms with van der Waals surface area (Å²) in [6.45, 7) is 8.68. The smallest absolute Gasteiger partial charge is 0.262 e. The van der Waals surface area contributed by atoms with Crippen molar-refractivity contribution in [3.8, 4) is 0 Å². The first kappa shape index (κ1) is 17.5. The van der Waals surface area contributed by atoms with Gasteiger partial charge in [-0.3, -0.25) is 9.36 Å².